The van der Waals surface area contributed by atoms with E-state index in [9.17, 15) is 0 Å². The van der Waals surface area contributed by atoms with Crippen molar-refractivity contribution in [1.29, 1.82) is 0 Å². The van der Waals surface area contributed by atoms with Crippen LogP contribution in [0.1, 0.15) is 30.2 Å². The summed E-state index contributed by atoms with van der Waals surface area (Å²) in [6, 6.07) is 17.0. The molecule has 4 rings (SSSR count). The highest BCUT2D eigenvalue weighted by Crippen LogP contribution is 2.36. The first kappa shape index (κ1) is 15.5. The van der Waals surface area contributed by atoms with Crippen molar-refractivity contribution >= 4 is 0 Å². The highest BCUT2D eigenvalue weighted by molar-refractivity contribution is 5.41. The largest absolute Gasteiger partial charge is 0.485 e. The summed E-state index contributed by atoms with van der Waals surface area (Å²) in [5.41, 5.74) is 2.49. The summed E-state index contributed by atoms with van der Waals surface area (Å²) >= 11 is 0. The van der Waals surface area contributed by atoms with E-state index in [1.165, 1.54) is 5.56 Å². The minimum atomic E-state index is -0.0485. The Bertz CT molecular complexity index is 680. The Balaban J connectivity index is 1.46. The molecule has 1 fully saturated rings. The van der Waals surface area contributed by atoms with Gasteiger partial charge < -0.3 is 14.2 Å². The van der Waals surface area contributed by atoms with E-state index in [4.69, 9.17) is 14.2 Å². The van der Waals surface area contributed by atoms with E-state index in [0.717, 1.165) is 43.4 Å². The Morgan fingerprint density at radius 1 is 0.958 bits per heavy atom. The van der Waals surface area contributed by atoms with Gasteiger partial charge in [0.05, 0.1) is 13.2 Å². The predicted octanol–water partition coefficient (Wildman–Crippen LogP) is 3.59. The van der Waals surface area contributed by atoms with Crippen molar-refractivity contribution in [3.05, 3.63) is 59.7 Å². The van der Waals surface area contributed by atoms with E-state index in [0.29, 0.717) is 12.6 Å². The van der Waals surface area contributed by atoms with Crippen molar-refractivity contribution in [1.82, 2.24) is 4.90 Å². The number of ether oxygens (including phenoxy) is 3. The van der Waals surface area contributed by atoms with Crippen molar-refractivity contribution in [2.24, 2.45) is 0 Å². The zero-order valence-electron chi connectivity index (χ0n) is 14.0. The molecule has 4 heteroatoms. The van der Waals surface area contributed by atoms with E-state index >= 15 is 0 Å². The molecular formula is C20H23NO3. The molecular weight excluding hydrogens is 302 g/mol. The zero-order chi connectivity index (χ0) is 16.4. The highest BCUT2D eigenvalue weighted by Gasteiger charge is 2.23. The Labute approximate surface area is 142 Å². The molecule has 126 valence electrons. The number of benzene rings is 2. The molecule has 1 saturated heterocycles. The average Bonchev–Trinajstić information content (AvgIpc) is 2.68. The summed E-state index contributed by atoms with van der Waals surface area (Å²) in [5, 5.41) is 0. The van der Waals surface area contributed by atoms with Crippen molar-refractivity contribution in [3.8, 4) is 11.5 Å². The summed E-state index contributed by atoms with van der Waals surface area (Å²) in [7, 11) is 0. The lowest BCUT2D eigenvalue weighted by molar-refractivity contribution is 0.0198. The van der Waals surface area contributed by atoms with Crippen LogP contribution in [0.15, 0.2) is 48.5 Å². The summed E-state index contributed by atoms with van der Waals surface area (Å²) in [6.45, 7) is 6.47. The van der Waals surface area contributed by atoms with Crippen molar-refractivity contribution in [3.63, 3.8) is 0 Å². The highest BCUT2D eigenvalue weighted by atomic mass is 16.6. The van der Waals surface area contributed by atoms with Gasteiger partial charge in [-0.1, -0.05) is 36.4 Å². The van der Waals surface area contributed by atoms with Gasteiger partial charge in [-0.2, -0.15) is 0 Å². The predicted molar refractivity (Wildman–Crippen MR) is 92.6 cm³/mol. The molecule has 0 bridgehead atoms. The van der Waals surface area contributed by atoms with Gasteiger partial charge >= 0.3 is 0 Å². The van der Waals surface area contributed by atoms with Crippen molar-refractivity contribution < 1.29 is 14.2 Å². The average molecular weight is 325 g/mol. The van der Waals surface area contributed by atoms with E-state index in [1.54, 1.807) is 0 Å². The Hall–Kier alpha value is -2.04. The Morgan fingerprint density at radius 3 is 2.42 bits per heavy atom. The zero-order valence-corrected chi connectivity index (χ0v) is 14.0. The summed E-state index contributed by atoms with van der Waals surface area (Å²) in [4.78, 5) is 2.47. The normalized spacial score (nSPS) is 22.1. The lowest BCUT2D eigenvalue weighted by Crippen LogP contribution is -2.38. The van der Waals surface area contributed by atoms with Crippen molar-refractivity contribution in [2.75, 3.05) is 32.9 Å². The van der Waals surface area contributed by atoms with Crippen LogP contribution in [-0.4, -0.2) is 37.8 Å². The van der Waals surface area contributed by atoms with Gasteiger partial charge in [0.2, 0.25) is 0 Å². The number of nitrogens with zero attached hydrogens (tertiary/aromatic N) is 1. The van der Waals surface area contributed by atoms with Crippen LogP contribution in [0, 0.1) is 0 Å². The van der Waals surface area contributed by atoms with Crippen LogP contribution in [-0.2, 0) is 4.74 Å². The molecule has 0 radical (unpaired) electrons. The first-order chi connectivity index (χ1) is 11.8. The molecule has 0 aliphatic carbocycles. The summed E-state index contributed by atoms with van der Waals surface area (Å²) in [6.07, 6.45) is -0.0485. The first-order valence-electron chi connectivity index (χ1n) is 8.61. The molecule has 4 nitrogen and oxygen atoms in total. The van der Waals surface area contributed by atoms with E-state index < -0.39 is 0 Å². The first-order valence-corrected chi connectivity index (χ1v) is 8.61. The molecule has 2 atom stereocenters. The number of hydrogen-bond acceptors (Lipinski definition) is 4. The van der Waals surface area contributed by atoms with Gasteiger partial charge in [0.15, 0.2) is 17.6 Å². The van der Waals surface area contributed by atoms with Crippen LogP contribution in [0.25, 0.3) is 0 Å². The van der Waals surface area contributed by atoms with Gasteiger partial charge in [0.25, 0.3) is 0 Å². The van der Waals surface area contributed by atoms with E-state index in [2.05, 4.69) is 36.1 Å². The second-order valence-corrected chi connectivity index (χ2v) is 6.36. The number of hydrogen-bond donors (Lipinski definition) is 0. The number of para-hydroxylation sites is 2. The van der Waals surface area contributed by atoms with Crippen LogP contribution >= 0.6 is 0 Å². The maximum absolute atomic E-state index is 6.08. The van der Waals surface area contributed by atoms with Gasteiger partial charge in [-0.15, -0.1) is 0 Å². The molecule has 2 aliphatic heterocycles. The number of fused-ring (bicyclic) bond motifs is 1. The minimum Gasteiger partial charge on any atom is -0.485 e. The lowest BCUT2D eigenvalue weighted by Gasteiger charge is -2.32. The second kappa shape index (κ2) is 6.83. The SMILES string of the molecule is CC(c1ccc([C@H]2COc3ccccc3O2)cc1)N1CCOCC1. The van der Waals surface area contributed by atoms with Crippen LogP contribution in [0.2, 0.25) is 0 Å². The Morgan fingerprint density at radius 2 is 1.67 bits per heavy atom. The van der Waals surface area contributed by atoms with E-state index in [1.807, 2.05) is 24.3 Å². The maximum Gasteiger partial charge on any atom is 0.162 e. The molecule has 0 saturated carbocycles. The number of rotatable bonds is 3. The molecule has 1 unspecified atom stereocenters. The van der Waals surface area contributed by atoms with E-state index in [-0.39, 0.29) is 6.10 Å². The molecule has 2 aliphatic rings. The fourth-order valence-corrected chi connectivity index (χ4v) is 3.35. The van der Waals surface area contributed by atoms with Gasteiger partial charge in [-0.25, -0.2) is 0 Å². The second-order valence-electron chi connectivity index (χ2n) is 6.36. The third-order valence-corrected chi connectivity index (χ3v) is 4.89. The third-order valence-electron chi connectivity index (χ3n) is 4.89. The molecule has 0 N–H and O–H groups in total. The molecule has 24 heavy (non-hydrogen) atoms. The smallest absolute Gasteiger partial charge is 0.162 e. The van der Waals surface area contributed by atoms with Crippen LogP contribution in [0.5, 0.6) is 11.5 Å². The van der Waals surface area contributed by atoms with Crippen LogP contribution in [0.4, 0.5) is 0 Å². The topological polar surface area (TPSA) is 30.9 Å². The molecule has 0 amide bonds. The maximum atomic E-state index is 6.08. The van der Waals surface area contributed by atoms with Gasteiger partial charge in [-0.3, -0.25) is 4.90 Å². The van der Waals surface area contributed by atoms with Gasteiger partial charge in [0, 0.05) is 19.1 Å². The Kier molecular flexibility index (Phi) is 4.41. The fourth-order valence-electron chi connectivity index (χ4n) is 3.35. The monoisotopic (exact) mass is 325 g/mol. The lowest BCUT2D eigenvalue weighted by atomic mass is 10.0. The fraction of sp³-hybridized carbons (Fsp3) is 0.400. The molecule has 2 aromatic rings. The van der Waals surface area contributed by atoms with Gasteiger partial charge in [0.1, 0.15) is 6.61 Å². The number of morpholine rings is 1. The van der Waals surface area contributed by atoms with Gasteiger partial charge in [-0.05, 0) is 30.2 Å². The summed E-state index contributed by atoms with van der Waals surface area (Å²) in [5.74, 6) is 1.64. The standard InChI is InChI=1S/C20H23NO3/c1-15(21-10-12-22-13-11-21)16-6-8-17(9-7-16)20-14-23-18-4-2-3-5-19(18)24-20/h2-9,15,20H,10-14H2,1H3/t15?,20-/m1/s1. The molecule has 2 aromatic carbocycles. The quantitative estimate of drug-likeness (QED) is 0.863. The molecule has 0 aromatic heterocycles. The van der Waals surface area contributed by atoms with Crippen molar-refractivity contribution in [2.45, 2.75) is 19.1 Å². The minimum absolute atomic E-state index is 0.0485. The molecule has 2 heterocycles. The van der Waals surface area contributed by atoms with Crippen LogP contribution in [0.3, 0.4) is 0 Å². The molecule has 0 spiro atoms. The van der Waals surface area contributed by atoms with Crippen LogP contribution < -0.4 is 9.47 Å². The third kappa shape index (κ3) is 3.12. The summed E-state index contributed by atoms with van der Waals surface area (Å²) < 4.78 is 17.3.